The zero-order valence-corrected chi connectivity index (χ0v) is 17.2. The number of aryl methyl sites for hydroxylation is 1. The number of ether oxygens (including phenoxy) is 2. The summed E-state index contributed by atoms with van der Waals surface area (Å²) in [5.74, 6) is 0.470. The molecule has 1 amide bonds. The lowest BCUT2D eigenvalue weighted by Gasteiger charge is -2.20. The number of amides is 1. The summed E-state index contributed by atoms with van der Waals surface area (Å²) >= 11 is 3.03. The van der Waals surface area contributed by atoms with Crippen LogP contribution in [0.2, 0.25) is 0 Å². The molecule has 0 aliphatic heterocycles. The van der Waals surface area contributed by atoms with Gasteiger partial charge in [0.25, 0.3) is 0 Å². The van der Waals surface area contributed by atoms with Gasteiger partial charge in [-0.3, -0.25) is 0 Å². The molecule has 1 heterocycles. The number of hydrogen-bond acceptors (Lipinski definition) is 4. The minimum Gasteiger partial charge on any atom is -0.444 e. The third-order valence-electron chi connectivity index (χ3n) is 3.69. The molecule has 6 nitrogen and oxygen atoms in total. The lowest BCUT2D eigenvalue weighted by atomic mass is 10.1. The number of rotatable bonds is 4. The Hall–Kier alpha value is -1.81. The van der Waals surface area contributed by atoms with Crippen LogP contribution in [0.5, 0.6) is 0 Å². The van der Waals surface area contributed by atoms with E-state index >= 15 is 0 Å². The molecule has 10 heteroatoms. The second-order valence-corrected chi connectivity index (χ2v) is 7.75. The van der Waals surface area contributed by atoms with Crippen molar-refractivity contribution in [2.24, 2.45) is 7.05 Å². The Morgan fingerprint density at radius 1 is 1.33 bits per heavy atom. The van der Waals surface area contributed by atoms with Crippen molar-refractivity contribution in [3.05, 3.63) is 27.5 Å². The molecule has 1 aromatic carbocycles. The highest BCUT2D eigenvalue weighted by atomic mass is 79.9. The molecule has 0 fully saturated rings. The van der Waals surface area contributed by atoms with Gasteiger partial charge in [-0.25, -0.2) is 9.78 Å². The van der Waals surface area contributed by atoms with E-state index in [1.807, 2.05) is 0 Å². The quantitative estimate of drug-likeness (QED) is 0.741. The van der Waals surface area contributed by atoms with Crippen LogP contribution in [0.1, 0.15) is 37.7 Å². The number of carbonyl (C=O) groups is 1. The van der Waals surface area contributed by atoms with E-state index in [9.17, 15) is 18.0 Å². The van der Waals surface area contributed by atoms with Crippen molar-refractivity contribution in [2.75, 3.05) is 7.11 Å². The van der Waals surface area contributed by atoms with Crippen molar-refractivity contribution >= 4 is 33.1 Å². The summed E-state index contributed by atoms with van der Waals surface area (Å²) < 4.78 is 52.0. The predicted octanol–water partition coefficient (Wildman–Crippen LogP) is 4.53. The van der Waals surface area contributed by atoms with Crippen LogP contribution in [0.3, 0.4) is 0 Å². The minimum absolute atomic E-state index is 0.142. The lowest BCUT2D eigenvalue weighted by Crippen LogP contribution is -2.32. The second kappa shape index (κ2) is 7.67. The molecule has 2 rings (SSSR count). The van der Waals surface area contributed by atoms with E-state index in [-0.39, 0.29) is 23.2 Å². The largest absolute Gasteiger partial charge is 0.444 e. The highest BCUT2D eigenvalue weighted by molar-refractivity contribution is 9.10. The number of hydrogen-bond donors (Lipinski definition) is 1. The van der Waals surface area contributed by atoms with Crippen LogP contribution in [0.4, 0.5) is 18.0 Å². The van der Waals surface area contributed by atoms with Gasteiger partial charge >= 0.3 is 12.3 Å². The predicted molar refractivity (Wildman–Crippen MR) is 97.2 cm³/mol. The van der Waals surface area contributed by atoms with Crippen molar-refractivity contribution in [1.29, 1.82) is 0 Å². The molecule has 1 aromatic heterocycles. The van der Waals surface area contributed by atoms with Crippen molar-refractivity contribution in [1.82, 2.24) is 14.9 Å². The monoisotopic (exact) mass is 451 g/mol. The second-order valence-electron chi connectivity index (χ2n) is 6.96. The molecule has 150 valence electrons. The van der Waals surface area contributed by atoms with Crippen LogP contribution >= 0.6 is 15.9 Å². The maximum atomic E-state index is 13.5. The Balaban J connectivity index is 2.53. The maximum absolute atomic E-state index is 13.5. The Morgan fingerprint density at radius 2 is 1.96 bits per heavy atom. The maximum Gasteiger partial charge on any atom is 0.417 e. The lowest BCUT2D eigenvalue weighted by molar-refractivity contribution is -0.138. The number of nitrogens with one attached hydrogen (secondary N) is 1. The zero-order valence-electron chi connectivity index (χ0n) is 15.6. The average Bonchev–Trinajstić information content (AvgIpc) is 2.80. The Bertz CT molecular complexity index is 857. The molecule has 2 aromatic rings. The van der Waals surface area contributed by atoms with Crippen LogP contribution in [0.15, 0.2) is 10.5 Å². The van der Waals surface area contributed by atoms with Gasteiger partial charge < -0.3 is 19.4 Å². The molecule has 0 saturated carbocycles. The normalized spacial score (nSPS) is 12.5. The van der Waals surface area contributed by atoms with Gasteiger partial charge in [0.05, 0.1) is 16.6 Å². The molecule has 0 spiro atoms. The van der Waals surface area contributed by atoms with Crippen molar-refractivity contribution in [3.8, 4) is 0 Å². The molecule has 0 radical (unpaired) electrons. The number of carbonyl (C=O) groups excluding carboxylic acids is 1. The fourth-order valence-corrected chi connectivity index (χ4v) is 3.18. The van der Waals surface area contributed by atoms with E-state index in [4.69, 9.17) is 9.47 Å². The van der Waals surface area contributed by atoms with Crippen LogP contribution in [-0.4, -0.2) is 28.4 Å². The smallest absolute Gasteiger partial charge is 0.417 e. The van der Waals surface area contributed by atoms with E-state index in [1.54, 1.807) is 27.8 Å². The minimum atomic E-state index is -4.57. The van der Waals surface area contributed by atoms with Gasteiger partial charge in [-0.05, 0) is 42.8 Å². The average molecular weight is 452 g/mol. The van der Waals surface area contributed by atoms with Gasteiger partial charge in [0.2, 0.25) is 0 Å². The van der Waals surface area contributed by atoms with Gasteiger partial charge in [-0.15, -0.1) is 0 Å². The summed E-state index contributed by atoms with van der Waals surface area (Å²) in [5, 5.41) is 2.49. The number of alkyl halides is 3. The Labute approximate surface area is 163 Å². The molecule has 0 bridgehead atoms. The van der Waals surface area contributed by atoms with E-state index in [1.165, 1.54) is 11.7 Å². The van der Waals surface area contributed by atoms with Crippen LogP contribution in [0, 0.1) is 0 Å². The molecule has 0 aliphatic rings. The topological polar surface area (TPSA) is 65.4 Å². The van der Waals surface area contributed by atoms with Gasteiger partial charge in [0.15, 0.2) is 0 Å². The van der Waals surface area contributed by atoms with Gasteiger partial charge in [0.1, 0.15) is 18.0 Å². The van der Waals surface area contributed by atoms with Gasteiger partial charge in [-0.2, -0.15) is 13.2 Å². The molecule has 0 unspecified atom stereocenters. The van der Waals surface area contributed by atoms with Crippen molar-refractivity contribution < 1.29 is 27.4 Å². The van der Waals surface area contributed by atoms with E-state index in [0.717, 1.165) is 6.07 Å². The number of aromatic nitrogens is 2. The fraction of sp³-hybridized carbons (Fsp3) is 0.529. The third kappa shape index (κ3) is 4.92. The van der Waals surface area contributed by atoms with Crippen LogP contribution in [0.25, 0.3) is 11.0 Å². The summed E-state index contributed by atoms with van der Waals surface area (Å²) in [7, 11) is 3.09. The number of halogens is 4. The summed E-state index contributed by atoms with van der Waals surface area (Å²) in [6, 6.07) is 1.03. The fourth-order valence-electron chi connectivity index (χ4n) is 2.51. The number of imidazole rings is 1. The van der Waals surface area contributed by atoms with E-state index < -0.39 is 23.4 Å². The standard InChI is InChI=1S/C17H21BrF3N3O3/c1-16(2,3)27-15(25)22-7-9-13(18)10(17(19,20)21)6-11-14(9)23-12(8-26-5)24(11)4/h6H,7-8H2,1-5H3,(H,22,25). The van der Waals surface area contributed by atoms with Gasteiger partial charge in [0, 0.05) is 30.7 Å². The van der Waals surface area contributed by atoms with Crippen molar-refractivity contribution in [3.63, 3.8) is 0 Å². The third-order valence-corrected chi connectivity index (χ3v) is 4.59. The first-order valence-electron chi connectivity index (χ1n) is 8.04. The number of fused-ring (bicyclic) bond motifs is 1. The summed E-state index contributed by atoms with van der Waals surface area (Å²) in [5.41, 5.74) is -0.716. The summed E-state index contributed by atoms with van der Waals surface area (Å²) in [4.78, 5) is 16.3. The molecule has 0 aliphatic carbocycles. The van der Waals surface area contributed by atoms with Gasteiger partial charge in [-0.1, -0.05) is 0 Å². The first-order valence-corrected chi connectivity index (χ1v) is 8.84. The molecule has 0 saturated heterocycles. The molecular formula is C17H21BrF3N3O3. The number of alkyl carbamates (subject to hydrolysis) is 1. The highest BCUT2D eigenvalue weighted by Gasteiger charge is 2.35. The van der Waals surface area contributed by atoms with Crippen LogP contribution in [-0.2, 0) is 35.8 Å². The first-order chi connectivity index (χ1) is 12.3. The Morgan fingerprint density at radius 3 is 2.48 bits per heavy atom. The summed E-state index contributed by atoms with van der Waals surface area (Å²) in [6.45, 7) is 5.05. The molecule has 1 N–H and O–H groups in total. The zero-order chi connectivity index (χ0) is 20.6. The first kappa shape index (κ1) is 21.5. The SMILES string of the molecule is COCc1nc2c(CNC(=O)OC(C)(C)C)c(Br)c(C(F)(F)F)cc2n1C. The number of methoxy groups -OCH3 is 1. The molecule has 0 atom stereocenters. The molecular weight excluding hydrogens is 431 g/mol. The van der Waals surface area contributed by atoms with Crippen molar-refractivity contribution in [2.45, 2.75) is 45.7 Å². The van der Waals surface area contributed by atoms with E-state index in [2.05, 4.69) is 26.2 Å². The Kier molecular flexibility index (Phi) is 6.10. The van der Waals surface area contributed by atoms with Crippen LogP contribution < -0.4 is 5.32 Å². The summed E-state index contributed by atoms with van der Waals surface area (Å²) in [6.07, 6.45) is -5.30. The molecule has 27 heavy (non-hydrogen) atoms. The van der Waals surface area contributed by atoms with E-state index in [0.29, 0.717) is 16.9 Å². The highest BCUT2D eigenvalue weighted by Crippen LogP contribution is 2.40. The number of benzene rings is 1. The number of nitrogens with zero attached hydrogens (tertiary/aromatic N) is 2.